The van der Waals surface area contributed by atoms with Crippen molar-refractivity contribution in [3.63, 3.8) is 0 Å². The van der Waals surface area contributed by atoms with Gasteiger partial charge in [0.2, 0.25) is 5.89 Å². The van der Waals surface area contributed by atoms with Crippen molar-refractivity contribution in [3.8, 4) is 0 Å². The zero-order valence-electron chi connectivity index (χ0n) is 15.6. The molecule has 0 aromatic carbocycles. The molecule has 8 heteroatoms. The molecule has 0 radical (unpaired) electrons. The Bertz CT molecular complexity index is 739. The van der Waals surface area contributed by atoms with Crippen molar-refractivity contribution >= 4 is 6.03 Å². The number of carbonyl (C=O) groups is 1. The molecule has 4 rings (SSSR count). The van der Waals surface area contributed by atoms with Crippen LogP contribution >= 0.6 is 0 Å². The molecule has 1 saturated heterocycles. The number of furan rings is 1. The zero-order valence-corrected chi connectivity index (χ0v) is 15.6. The van der Waals surface area contributed by atoms with Crippen molar-refractivity contribution in [1.82, 2.24) is 20.4 Å². The number of hydrogen-bond donors (Lipinski definition) is 1. The number of nitrogens with zero attached hydrogens (tertiary/aromatic N) is 3. The van der Waals surface area contributed by atoms with Crippen LogP contribution < -0.4 is 5.32 Å². The number of aromatic nitrogens is 2. The van der Waals surface area contributed by atoms with Gasteiger partial charge in [-0.15, -0.1) is 0 Å². The minimum Gasteiger partial charge on any atom is -0.467 e. The molecule has 2 fully saturated rings. The Morgan fingerprint density at radius 3 is 2.96 bits per heavy atom. The van der Waals surface area contributed by atoms with E-state index in [0.717, 1.165) is 24.4 Å². The quantitative estimate of drug-likeness (QED) is 0.879. The summed E-state index contributed by atoms with van der Waals surface area (Å²) in [5.41, 5.74) is 0. The maximum atomic E-state index is 12.6. The summed E-state index contributed by atoms with van der Waals surface area (Å²) < 4.78 is 16.5. The van der Waals surface area contributed by atoms with Crippen molar-refractivity contribution < 1.29 is 18.5 Å². The van der Waals surface area contributed by atoms with Gasteiger partial charge in [-0.3, -0.25) is 0 Å². The molecule has 2 amide bonds. The zero-order chi connectivity index (χ0) is 18.6. The molecular weight excluding hydrogens is 348 g/mol. The van der Waals surface area contributed by atoms with Gasteiger partial charge in [0.25, 0.3) is 0 Å². The Morgan fingerprint density at radius 2 is 2.19 bits per heavy atom. The fourth-order valence-electron chi connectivity index (χ4n) is 3.77. The first-order chi connectivity index (χ1) is 13.2. The van der Waals surface area contributed by atoms with Gasteiger partial charge in [-0.05, 0) is 31.9 Å². The van der Waals surface area contributed by atoms with Gasteiger partial charge in [0, 0.05) is 12.5 Å². The molecule has 2 aliphatic rings. The van der Waals surface area contributed by atoms with Gasteiger partial charge in [-0.2, -0.15) is 4.98 Å². The molecule has 2 aromatic heterocycles. The number of carbonyl (C=O) groups excluding carboxylic acids is 1. The van der Waals surface area contributed by atoms with Crippen molar-refractivity contribution in [1.29, 1.82) is 0 Å². The number of morpholine rings is 1. The molecule has 2 atom stereocenters. The van der Waals surface area contributed by atoms with Gasteiger partial charge in [0.1, 0.15) is 17.9 Å². The number of ether oxygens (including phenoxy) is 1. The van der Waals surface area contributed by atoms with Crippen LogP contribution in [0.15, 0.2) is 27.3 Å². The summed E-state index contributed by atoms with van der Waals surface area (Å²) in [7, 11) is 0. The van der Waals surface area contributed by atoms with Crippen LogP contribution in [0.1, 0.15) is 74.6 Å². The van der Waals surface area contributed by atoms with E-state index in [1.165, 1.54) is 19.3 Å². The van der Waals surface area contributed by atoms with E-state index in [4.69, 9.17) is 13.7 Å². The van der Waals surface area contributed by atoms with E-state index in [0.29, 0.717) is 31.5 Å². The number of urea groups is 1. The minimum atomic E-state index is -0.341. The van der Waals surface area contributed by atoms with E-state index < -0.39 is 0 Å². The van der Waals surface area contributed by atoms with E-state index in [1.54, 1.807) is 11.2 Å². The first-order valence-electron chi connectivity index (χ1n) is 9.74. The highest BCUT2D eigenvalue weighted by Crippen LogP contribution is 2.31. The second kappa shape index (κ2) is 8.12. The van der Waals surface area contributed by atoms with Crippen molar-refractivity contribution in [2.45, 2.75) is 57.1 Å². The van der Waals surface area contributed by atoms with Crippen LogP contribution in [0, 0.1) is 0 Å². The third-order valence-electron chi connectivity index (χ3n) is 5.35. The Hall–Kier alpha value is -2.35. The molecule has 27 heavy (non-hydrogen) atoms. The van der Waals surface area contributed by atoms with E-state index in [9.17, 15) is 4.79 Å². The van der Waals surface area contributed by atoms with Crippen LogP contribution in [-0.2, 0) is 4.74 Å². The SMILES string of the molecule is CC(NC(=O)N1CCOC(c2ccco2)C1)c1nc(C2CCCCC2)no1. The summed E-state index contributed by atoms with van der Waals surface area (Å²) in [4.78, 5) is 18.9. The maximum Gasteiger partial charge on any atom is 0.318 e. The summed E-state index contributed by atoms with van der Waals surface area (Å²) in [6.07, 6.45) is 7.31. The highest BCUT2D eigenvalue weighted by molar-refractivity contribution is 5.74. The lowest BCUT2D eigenvalue weighted by Gasteiger charge is -2.32. The second-order valence-electron chi connectivity index (χ2n) is 7.32. The van der Waals surface area contributed by atoms with Crippen molar-refractivity contribution in [3.05, 3.63) is 35.9 Å². The molecule has 8 nitrogen and oxygen atoms in total. The van der Waals surface area contributed by atoms with Crippen molar-refractivity contribution in [2.24, 2.45) is 0 Å². The van der Waals surface area contributed by atoms with Crippen LogP contribution in [0.5, 0.6) is 0 Å². The monoisotopic (exact) mass is 374 g/mol. The van der Waals surface area contributed by atoms with E-state index in [1.807, 2.05) is 19.1 Å². The van der Waals surface area contributed by atoms with E-state index in [-0.39, 0.29) is 18.2 Å². The van der Waals surface area contributed by atoms with E-state index >= 15 is 0 Å². The Balaban J connectivity index is 1.34. The van der Waals surface area contributed by atoms with E-state index in [2.05, 4.69) is 15.5 Å². The average molecular weight is 374 g/mol. The minimum absolute atomic E-state index is 0.167. The normalized spacial score (nSPS) is 22.6. The predicted octanol–water partition coefficient (Wildman–Crippen LogP) is 3.55. The third-order valence-corrected chi connectivity index (χ3v) is 5.35. The van der Waals surface area contributed by atoms with Crippen LogP contribution in [0.25, 0.3) is 0 Å². The largest absolute Gasteiger partial charge is 0.467 e. The summed E-state index contributed by atoms with van der Waals surface area (Å²) >= 11 is 0. The van der Waals surface area contributed by atoms with Crippen LogP contribution in [0.4, 0.5) is 4.79 Å². The molecular formula is C19H26N4O4. The smallest absolute Gasteiger partial charge is 0.318 e. The molecule has 0 spiro atoms. The van der Waals surface area contributed by atoms with Crippen LogP contribution in [-0.4, -0.2) is 40.8 Å². The summed E-state index contributed by atoms with van der Waals surface area (Å²) in [5, 5.41) is 7.10. The average Bonchev–Trinajstić information content (AvgIpc) is 3.41. The highest BCUT2D eigenvalue weighted by atomic mass is 16.5. The van der Waals surface area contributed by atoms with Gasteiger partial charge in [0.05, 0.1) is 19.4 Å². The lowest BCUT2D eigenvalue weighted by Crippen LogP contribution is -2.47. The molecule has 146 valence electrons. The van der Waals surface area contributed by atoms with Gasteiger partial charge >= 0.3 is 6.03 Å². The third kappa shape index (κ3) is 4.16. The molecule has 2 aromatic rings. The Kier molecular flexibility index (Phi) is 5.42. The van der Waals surface area contributed by atoms with Crippen LogP contribution in [0.2, 0.25) is 0 Å². The second-order valence-corrected chi connectivity index (χ2v) is 7.32. The number of hydrogen-bond acceptors (Lipinski definition) is 6. The van der Waals surface area contributed by atoms with Crippen LogP contribution in [0.3, 0.4) is 0 Å². The Morgan fingerprint density at radius 1 is 1.33 bits per heavy atom. The highest BCUT2D eigenvalue weighted by Gasteiger charge is 2.29. The van der Waals surface area contributed by atoms with Gasteiger partial charge in [-0.1, -0.05) is 24.4 Å². The lowest BCUT2D eigenvalue weighted by molar-refractivity contribution is -0.0263. The topological polar surface area (TPSA) is 93.6 Å². The van der Waals surface area contributed by atoms with Gasteiger partial charge < -0.3 is 23.9 Å². The number of amides is 2. The maximum absolute atomic E-state index is 12.6. The molecule has 3 heterocycles. The molecule has 1 N–H and O–H groups in total. The molecule has 1 aliphatic carbocycles. The molecule has 0 bridgehead atoms. The first kappa shape index (κ1) is 18.0. The van der Waals surface area contributed by atoms with Gasteiger partial charge in [0.15, 0.2) is 5.82 Å². The van der Waals surface area contributed by atoms with Crippen molar-refractivity contribution in [2.75, 3.05) is 19.7 Å². The number of rotatable bonds is 4. The first-order valence-corrected chi connectivity index (χ1v) is 9.74. The summed E-state index contributed by atoms with van der Waals surface area (Å²) in [6, 6.07) is 3.17. The molecule has 2 unspecified atom stereocenters. The molecule has 1 aliphatic heterocycles. The number of nitrogens with one attached hydrogen (secondary N) is 1. The standard InChI is InChI=1S/C19H26N4O4/c1-13(18-21-17(22-27-18)14-6-3-2-4-7-14)20-19(24)23-9-11-26-16(12-23)15-8-5-10-25-15/h5,8,10,13-14,16H,2-4,6-7,9,11-12H2,1H3,(H,20,24). The summed E-state index contributed by atoms with van der Waals surface area (Å²) in [5.74, 6) is 2.34. The Labute approximate surface area is 158 Å². The fraction of sp³-hybridized carbons (Fsp3) is 0.632. The lowest BCUT2D eigenvalue weighted by atomic mass is 9.89. The van der Waals surface area contributed by atoms with Gasteiger partial charge in [-0.25, -0.2) is 4.79 Å². The summed E-state index contributed by atoms with van der Waals surface area (Å²) in [6.45, 7) is 3.32. The molecule has 1 saturated carbocycles. The predicted molar refractivity (Wildman–Crippen MR) is 96.0 cm³/mol. The fourth-order valence-corrected chi connectivity index (χ4v) is 3.77.